The van der Waals surface area contributed by atoms with E-state index in [-0.39, 0.29) is 12.4 Å². The number of nitriles is 1. The van der Waals surface area contributed by atoms with Crippen molar-refractivity contribution in [2.24, 2.45) is 0 Å². The number of hydrogen-bond acceptors (Lipinski definition) is 5. The van der Waals surface area contributed by atoms with Gasteiger partial charge in [0.1, 0.15) is 5.75 Å². The van der Waals surface area contributed by atoms with E-state index in [4.69, 9.17) is 19.5 Å². The first-order chi connectivity index (χ1) is 11.9. The summed E-state index contributed by atoms with van der Waals surface area (Å²) in [7, 11) is 0. The van der Waals surface area contributed by atoms with Crippen LogP contribution in [0.3, 0.4) is 0 Å². The molecule has 0 amide bonds. The van der Waals surface area contributed by atoms with E-state index >= 15 is 0 Å². The highest BCUT2D eigenvalue weighted by atomic mass is 79.9. The Hall–Kier alpha value is -2.52. The van der Waals surface area contributed by atoms with Crippen LogP contribution in [0, 0.1) is 25.2 Å². The Labute approximate surface area is 155 Å². The molecule has 5 nitrogen and oxygen atoms in total. The molecule has 0 unspecified atom stereocenters. The highest BCUT2D eigenvalue weighted by molar-refractivity contribution is 9.10. The predicted molar refractivity (Wildman–Crippen MR) is 97.1 cm³/mol. The minimum absolute atomic E-state index is 0.231. The molecule has 6 heteroatoms. The van der Waals surface area contributed by atoms with Crippen LogP contribution in [0.25, 0.3) is 0 Å². The summed E-state index contributed by atoms with van der Waals surface area (Å²) in [6, 6.07) is 10.7. The molecule has 130 valence electrons. The van der Waals surface area contributed by atoms with Gasteiger partial charge in [0.2, 0.25) is 0 Å². The summed E-state index contributed by atoms with van der Waals surface area (Å²) in [6.07, 6.45) is 0. The summed E-state index contributed by atoms with van der Waals surface area (Å²) in [5.74, 6) is 0.594. The van der Waals surface area contributed by atoms with Crippen LogP contribution in [-0.4, -0.2) is 19.2 Å². The molecule has 2 rings (SSSR count). The highest BCUT2D eigenvalue weighted by Crippen LogP contribution is 2.37. The van der Waals surface area contributed by atoms with Gasteiger partial charge in [0.25, 0.3) is 0 Å². The average molecular weight is 404 g/mol. The van der Waals surface area contributed by atoms with E-state index in [0.29, 0.717) is 28.1 Å². The van der Waals surface area contributed by atoms with Crippen molar-refractivity contribution in [3.8, 4) is 23.3 Å². The molecule has 0 N–H and O–H groups in total. The SMILES string of the molecule is CCOc1cc(C#N)cc(Br)c1OC(=O)COc1ccc(C)c(C)c1. The average Bonchev–Trinajstić information content (AvgIpc) is 2.59. The number of aryl methyl sites for hydroxylation is 2. The molecule has 0 atom stereocenters. The van der Waals surface area contributed by atoms with Crippen LogP contribution in [-0.2, 0) is 4.79 Å². The molecule has 0 bridgehead atoms. The second-order valence-electron chi connectivity index (χ2n) is 5.34. The number of hydrogen-bond donors (Lipinski definition) is 0. The van der Waals surface area contributed by atoms with Crippen LogP contribution in [0.2, 0.25) is 0 Å². The molecular formula is C19H18BrNO4. The van der Waals surface area contributed by atoms with Crippen molar-refractivity contribution in [3.63, 3.8) is 0 Å². The molecule has 0 saturated carbocycles. The Bertz CT molecular complexity index is 827. The third-order valence-corrected chi connectivity index (χ3v) is 4.08. The van der Waals surface area contributed by atoms with Gasteiger partial charge in [-0.3, -0.25) is 0 Å². The first-order valence-electron chi connectivity index (χ1n) is 7.71. The summed E-state index contributed by atoms with van der Waals surface area (Å²) in [5, 5.41) is 9.03. The standard InChI is InChI=1S/C19H18BrNO4/c1-4-23-17-9-14(10-21)8-16(20)19(17)25-18(22)11-24-15-6-5-12(2)13(3)7-15/h5-9H,4,11H2,1-3H3. The van der Waals surface area contributed by atoms with Gasteiger partial charge in [-0.25, -0.2) is 4.79 Å². The zero-order valence-corrected chi connectivity index (χ0v) is 15.8. The molecule has 0 spiro atoms. The van der Waals surface area contributed by atoms with Crippen LogP contribution in [0.5, 0.6) is 17.2 Å². The lowest BCUT2D eigenvalue weighted by atomic mass is 10.1. The van der Waals surface area contributed by atoms with Crippen molar-refractivity contribution < 1.29 is 19.0 Å². The van der Waals surface area contributed by atoms with E-state index < -0.39 is 5.97 Å². The largest absolute Gasteiger partial charge is 0.490 e. The Balaban J connectivity index is 2.09. The van der Waals surface area contributed by atoms with Crippen LogP contribution < -0.4 is 14.2 Å². The number of benzene rings is 2. The lowest BCUT2D eigenvalue weighted by Gasteiger charge is -2.13. The van der Waals surface area contributed by atoms with E-state index in [2.05, 4.69) is 15.9 Å². The molecule has 0 aliphatic carbocycles. The summed E-state index contributed by atoms with van der Waals surface area (Å²) >= 11 is 3.30. The maximum atomic E-state index is 12.1. The molecule has 0 fully saturated rings. The zero-order chi connectivity index (χ0) is 18.4. The summed E-state index contributed by atoms with van der Waals surface area (Å²) in [4.78, 5) is 12.1. The summed E-state index contributed by atoms with van der Waals surface area (Å²) in [5.41, 5.74) is 2.64. The van der Waals surface area contributed by atoms with Crippen molar-refractivity contribution in [1.82, 2.24) is 0 Å². The lowest BCUT2D eigenvalue weighted by Crippen LogP contribution is -2.18. The molecule has 0 radical (unpaired) electrons. The van der Waals surface area contributed by atoms with Crippen molar-refractivity contribution in [3.05, 3.63) is 51.5 Å². The van der Waals surface area contributed by atoms with Gasteiger partial charge in [0, 0.05) is 6.07 Å². The zero-order valence-electron chi connectivity index (χ0n) is 14.3. The number of rotatable bonds is 6. The summed E-state index contributed by atoms with van der Waals surface area (Å²) in [6.45, 7) is 5.93. The molecule has 0 aliphatic rings. The van der Waals surface area contributed by atoms with E-state index in [0.717, 1.165) is 11.1 Å². The molecule has 0 heterocycles. The van der Waals surface area contributed by atoms with Crippen LogP contribution in [0.1, 0.15) is 23.6 Å². The van der Waals surface area contributed by atoms with Gasteiger partial charge in [-0.05, 0) is 66.0 Å². The fourth-order valence-electron chi connectivity index (χ4n) is 2.08. The third-order valence-electron chi connectivity index (χ3n) is 3.49. The third kappa shape index (κ3) is 4.97. The lowest BCUT2D eigenvalue weighted by molar-refractivity contribution is -0.136. The fraction of sp³-hybridized carbons (Fsp3) is 0.263. The Kier molecular flexibility index (Phi) is 6.43. The minimum Gasteiger partial charge on any atom is -0.490 e. The molecule has 0 aromatic heterocycles. The topological polar surface area (TPSA) is 68.5 Å². The minimum atomic E-state index is -0.565. The van der Waals surface area contributed by atoms with Gasteiger partial charge < -0.3 is 14.2 Å². The fourth-order valence-corrected chi connectivity index (χ4v) is 2.61. The number of carbonyl (C=O) groups excluding carboxylic acids is 1. The van der Waals surface area contributed by atoms with Crippen molar-refractivity contribution >= 4 is 21.9 Å². The van der Waals surface area contributed by atoms with Crippen molar-refractivity contribution in [2.45, 2.75) is 20.8 Å². The Morgan fingerprint density at radius 3 is 2.56 bits per heavy atom. The van der Waals surface area contributed by atoms with Gasteiger partial charge >= 0.3 is 5.97 Å². The molecule has 25 heavy (non-hydrogen) atoms. The normalized spacial score (nSPS) is 10.0. The van der Waals surface area contributed by atoms with E-state index in [1.807, 2.05) is 32.0 Å². The predicted octanol–water partition coefficient (Wildman–Crippen LogP) is 4.32. The first kappa shape index (κ1) is 18.8. The molecule has 2 aromatic carbocycles. The number of carbonyl (C=O) groups is 1. The monoisotopic (exact) mass is 403 g/mol. The summed E-state index contributed by atoms with van der Waals surface area (Å²) < 4.78 is 16.8. The van der Waals surface area contributed by atoms with E-state index in [1.165, 1.54) is 6.07 Å². The smallest absolute Gasteiger partial charge is 0.349 e. The number of ether oxygens (including phenoxy) is 3. The van der Waals surface area contributed by atoms with Gasteiger partial charge in [0.05, 0.1) is 22.7 Å². The highest BCUT2D eigenvalue weighted by Gasteiger charge is 2.16. The Morgan fingerprint density at radius 2 is 1.92 bits per heavy atom. The molecular weight excluding hydrogens is 386 g/mol. The van der Waals surface area contributed by atoms with Crippen LogP contribution in [0.4, 0.5) is 0 Å². The molecule has 0 saturated heterocycles. The van der Waals surface area contributed by atoms with Crippen molar-refractivity contribution in [2.75, 3.05) is 13.2 Å². The molecule has 0 aliphatic heterocycles. The van der Waals surface area contributed by atoms with Crippen LogP contribution in [0.15, 0.2) is 34.8 Å². The maximum Gasteiger partial charge on any atom is 0.349 e. The number of halogens is 1. The van der Waals surface area contributed by atoms with E-state index in [9.17, 15) is 4.79 Å². The maximum absolute atomic E-state index is 12.1. The van der Waals surface area contributed by atoms with Crippen LogP contribution >= 0.6 is 15.9 Å². The van der Waals surface area contributed by atoms with Crippen molar-refractivity contribution in [1.29, 1.82) is 5.26 Å². The van der Waals surface area contributed by atoms with E-state index in [1.54, 1.807) is 19.1 Å². The second-order valence-corrected chi connectivity index (χ2v) is 6.19. The Morgan fingerprint density at radius 1 is 1.16 bits per heavy atom. The quantitative estimate of drug-likeness (QED) is 0.530. The van der Waals surface area contributed by atoms with Gasteiger partial charge in [-0.15, -0.1) is 0 Å². The number of nitrogens with zero attached hydrogens (tertiary/aromatic N) is 1. The van der Waals surface area contributed by atoms with Gasteiger partial charge in [-0.1, -0.05) is 6.07 Å². The molecule has 2 aromatic rings. The first-order valence-corrected chi connectivity index (χ1v) is 8.51. The number of esters is 1. The second kappa shape index (κ2) is 8.54. The van der Waals surface area contributed by atoms with Gasteiger partial charge in [-0.2, -0.15) is 5.26 Å². The van der Waals surface area contributed by atoms with Gasteiger partial charge in [0.15, 0.2) is 18.1 Å².